The highest BCUT2D eigenvalue weighted by Gasteiger charge is 2.08. The molecule has 0 saturated heterocycles. The second kappa shape index (κ2) is 9.05. The summed E-state index contributed by atoms with van der Waals surface area (Å²) in [5, 5.41) is 14.3. The standard InChI is InChI=1S/C19H20N2O4S/c1-12-3-6-16(9-13(12)2)21-18(23)11-26-10-17(22)20-15-7-4-14(5-8-15)19(24)25/h3-9H,10-11H2,1-2H3,(H,20,22)(H,21,23)(H,24,25). The zero-order chi connectivity index (χ0) is 19.1. The number of aromatic carboxylic acids is 1. The van der Waals surface area contributed by atoms with E-state index in [-0.39, 0.29) is 28.9 Å². The molecule has 2 aromatic carbocycles. The van der Waals surface area contributed by atoms with Crippen LogP contribution in [0, 0.1) is 13.8 Å². The summed E-state index contributed by atoms with van der Waals surface area (Å²) in [5.74, 6) is -1.15. The van der Waals surface area contributed by atoms with Crippen LogP contribution in [0.2, 0.25) is 0 Å². The number of nitrogens with one attached hydrogen (secondary N) is 2. The molecule has 2 rings (SSSR count). The van der Waals surface area contributed by atoms with Gasteiger partial charge in [-0.05, 0) is 61.4 Å². The Morgan fingerprint density at radius 3 is 1.92 bits per heavy atom. The maximum absolute atomic E-state index is 11.9. The fourth-order valence-electron chi connectivity index (χ4n) is 2.15. The molecule has 0 fully saturated rings. The SMILES string of the molecule is Cc1ccc(NC(=O)CSCC(=O)Nc2ccc(C(=O)O)cc2)cc1C. The van der Waals surface area contributed by atoms with Crippen LogP contribution in [-0.2, 0) is 9.59 Å². The number of aryl methyl sites for hydroxylation is 2. The smallest absolute Gasteiger partial charge is 0.335 e. The van der Waals surface area contributed by atoms with Crippen molar-refractivity contribution in [1.82, 2.24) is 0 Å². The van der Waals surface area contributed by atoms with Crippen molar-refractivity contribution in [3.63, 3.8) is 0 Å². The van der Waals surface area contributed by atoms with Gasteiger partial charge < -0.3 is 15.7 Å². The normalized spacial score (nSPS) is 10.2. The van der Waals surface area contributed by atoms with Gasteiger partial charge in [-0.3, -0.25) is 9.59 Å². The van der Waals surface area contributed by atoms with E-state index in [0.29, 0.717) is 5.69 Å². The molecular weight excluding hydrogens is 352 g/mol. The molecule has 0 aliphatic rings. The number of carbonyl (C=O) groups excluding carboxylic acids is 2. The lowest BCUT2D eigenvalue weighted by Gasteiger charge is -2.08. The number of carboxylic acid groups (broad SMARTS) is 1. The topological polar surface area (TPSA) is 95.5 Å². The molecular formula is C19H20N2O4S. The summed E-state index contributed by atoms with van der Waals surface area (Å²) in [6, 6.07) is 11.6. The number of carboxylic acids is 1. The van der Waals surface area contributed by atoms with Crippen LogP contribution in [0.4, 0.5) is 11.4 Å². The van der Waals surface area contributed by atoms with Crippen LogP contribution >= 0.6 is 11.8 Å². The van der Waals surface area contributed by atoms with Crippen molar-refractivity contribution in [3.05, 3.63) is 59.2 Å². The Hall–Kier alpha value is -2.80. The van der Waals surface area contributed by atoms with Gasteiger partial charge in [-0.1, -0.05) is 6.07 Å². The van der Waals surface area contributed by atoms with E-state index >= 15 is 0 Å². The van der Waals surface area contributed by atoms with Crippen molar-refractivity contribution >= 4 is 40.9 Å². The van der Waals surface area contributed by atoms with Crippen LogP contribution in [0.15, 0.2) is 42.5 Å². The van der Waals surface area contributed by atoms with E-state index in [1.54, 1.807) is 0 Å². The number of carbonyl (C=O) groups is 3. The van der Waals surface area contributed by atoms with Gasteiger partial charge in [0.25, 0.3) is 0 Å². The molecule has 0 heterocycles. The minimum atomic E-state index is -1.02. The number of hydrogen-bond donors (Lipinski definition) is 3. The first-order chi connectivity index (χ1) is 12.3. The third-order valence-corrected chi connectivity index (χ3v) is 4.61. The first-order valence-corrected chi connectivity index (χ1v) is 9.08. The van der Waals surface area contributed by atoms with E-state index in [1.807, 2.05) is 32.0 Å². The maximum atomic E-state index is 11.9. The molecule has 2 aromatic rings. The Kier molecular flexibility index (Phi) is 6.80. The molecule has 0 spiro atoms. The van der Waals surface area contributed by atoms with Crippen LogP contribution in [0.5, 0.6) is 0 Å². The van der Waals surface area contributed by atoms with Gasteiger partial charge in [0.1, 0.15) is 0 Å². The van der Waals surface area contributed by atoms with Gasteiger partial charge in [0.15, 0.2) is 0 Å². The predicted molar refractivity (Wildman–Crippen MR) is 104 cm³/mol. The van der Waals surface area contributed by atoms with Crippen LogP contribution in [0.1, 0.15) is 21.5 Å². The summed E-state index contributed by atoms with van der Waals surface area (Å²) in [6.45, 7) is 3.98. The Labute approximate surface area is 156 Å². The molecule has 0 aliphatic heterocycles. The largest absolute Gasteiger partial charge is 0.478 e. The van der Waals surface area contributed by atoms with Crippen molar-refractivity contribution < 1.29 is 19.5 Å². The first kappa shape index (κ1) is 19.5. The molecule has 0 aromatic heterocycles. The molecule has 0 radical (unpaired) electrons. The van der Waals surface area contributed by atoms with E-state index in [9.17, 15) is 14.4 Å². The lowest BCUT2D eigenvalue weighted by atomic mass is 10.1. The summed E-state index contributed by atoms with van der Waals surface area (Å²) < 4.78 is 0. The van der Waals surface area contributed by atoms with Gasteiger partial charge in [0.2, 0.25) is 11.8 Å². The highest BCUT2D eigenvalue weighted by Crippen LogP contribution is 2.15. The highest BCUT2D eigenvalue weighted by atomic mass is 32.2. The Morgan fingerprint density at radius 2 is 1.38 bits per heavy atom. The number of benzene rings is 2. The molecule has 0 aliphatic carbocycles. The van der Waals surface area contributed by atoms with Crippen LogP contribution in [0.25, 0.3) is 0 Å². The van der Waals surface area contributed by atoms with Gasteiger partial charge in [-0.25, -0.2) is 4.79 Å². The maximum Gasteiger partial charge on any atom is 0.335 e. The second-order valence-electron chi connectivity index (χ2n) is 5.77. The molecule has 136 valence electrons. The lowest BCUT2D eigenvalue weighted by molar-refractivity contribution is -0.114. The number of hydrogen-bond acceptors (Lipinski definition) is 4. The zero-order valence-electron chi connectivity index (χ0n) is 14.5. The van der Waals surface area contributed by atoms with Crippen LogP contribution in [0.3, 0.4) is 0 Å². The average Bonchev–Trinajstić information content (AvgIpc) is 2.58. The Bertz CT molecular complexity index is 819. The zero-order valence-corrected chi connectivity index (χ0v) is 15.4. The lowest BCUT2D eigenvalue weighted by Crippen LogP contribution is -2.18. The molecule has 7 heteroatoms. The number of amides is 2. The fraction of sp³-hybridized carbons (Fsp3) is 0.211. The van der Waals surface area contributed by atoms with Crippen molar-refractivity contribution in [3.8, 4) is 0 Å². The molecule has 0 atom stereocenters. The van der Waals surface area contributed by atoms with E-state index in [4.69, 9.17) is 5.11 Å². The van der Waals surface area contributed by atoms with E-state index in [0.717, 1.165) is 16.8 Å². The quantitative estimate of drug-likeness (QED) is 0.693. The molecule has 2 amide bonds. The number of rotatable bonds is 7. The number of thioether (sulfide) groups is 1. The second-order valence-corrected chi connectivity index (χ2v) is 6.76. The monoisotopic (exact) mass is 372 g/mol. The Balaban J connectivity index is 1.74. The van der Waals surface area contributed by atoms with Crippen LogP contribution in [-0.4, -0.2) is 34.4 Å². The number of anilines is 2. The van der Waals surface area contributed by atoms with Crippen LogP contribution < -0.4 is 10.6 Å². The third kappa shape index (κ3) is 5.93. The third-order valence-electron chi connectivity index (χ3n) is 3.67. The highest BCUT2D eigenvalue weighted by molar-refractivity contribution is 8.00. The van der Waals surface area contributed by atoms with Gasteiger partial charge in [-0.2, -0.15) is 0 Å². The average molecular weight is 372 g/mol. The molecule has 0 bridgehead atoms. The minimum Gasteiger partial charge on any atom is -0.478 e. The van der Waals surface area contributed by atoms with E-state index < -0.39 is 5.97 Å². The van der Waals surface area contributed by atoms with Gasteiger partial charge in [0.05, 0.1) is 17.1 Å². The van der Waals surface area contributed by atoms with Crippen molar-refractivity contribution in [2.45, 2.75) is 13.8 Å². The minimum absolute atomic E-state index is 0.126. The van der Waals surface area contributed by atoms with E-state index in [2.05, 4.69) is 10.6 Å². The predicted octanol–water partition coefficient (Wildman–Crippen LogP) is 3.31. The van der Waals surface area contributed by atoms with Gasteiger partial charge in [-0.15, -0.1) is 11.8 Å². The first-order valence-electron chi connectivity index (χ1n) is 7.93. The van der Waals surface area contributed by atoms with Crippen molar-refractivity contribution in [1.29, 1.82) is 0 Å². The van der Waals surface area contributed by atoms with Gasteiger partial charge >= 0.3 is 5.97 Å². The molecule has 26 heavy (non-hydrogen) atoms. The molecule has 0 saturated carbocycles. The summed E-state index contributed by atoms with van der Waals surface area (Å²) >= 11 is 1.21. The van der Waals surface area contributed by atoms with Gasteiger partial charge in [0, 0.05) is 11.4 Å². The molecule has 0 unspecified atom stereocenters. The molecule has 6 nitrogen and oxygen atoms in total. The summed E-state index contributed by atoms with van der Waals surface area (Å²) in [7, 11) is 0. The molecule has 3 N–H and O–H groups in total. The fourth-order valence-corrected chi connectivity index (χ4v) is 2.76. The van der Waals surface area contributed by atoms with Crippen molar-refractivity contribution in [2.24, 2.45) is 0 Å². The summed E-state index contributed by atoms with van der Waals surface area (Å²) in [5.41, 5.74) is 3.66. The van der Waals surface area contributed by atoms with Crippen molar-refractivity contribution in [2.75, 3.05) is 22.1 Å². The summed E-state index contributed by atoms with van der Waals surface area (Å²) in [4.78, 5) is 34.6. The Morgan fingerprint density at radius 1 is 0.846 bits per heavy atom. The van der Waals surface area contributed by atoms with E-state index in [1.165, 1.54) is 36.0 Å². The summed E-state index contributed by atoms with van der Waals surface area (Å²) in [6.07, 6.45) is 0.